The van der Waals surface area contributed by atoms with Crippen molar-refractivity contribution in [2.24, 2.45) is 0 Å². The molecule has 2 aromatic heterocycles. The molecule has 1 atom stereocenters. The second-order valence-electron chi connectivity index (χ2n) is 6.21. The van der Waals surface area contributed by atoms with Crippen molar-refractivity contribution in [2.75, 3.05) is 11.4 Å². The molecule has 0 spiro atoms. The Labute approximate surface area is 134 Å². The molecule has 118 valence electrons. The molecule has 0 radical (unpaired) electrons. The van der Waals surface area contributed by atoms with Crippen LogP contribution in [0, 0.1) is 0 Å². The van der Waals surface area contributed by atoms with Crippen LogP contribution < -0.4 is 4.90 Å². The molecule has 0 saturated carbocycles. The van der Waals surface area contributed by atoms with Crippen LogP contribution >= 0.6 is 0 Å². The Kier molecular flexibility index (Phi) is 3.44. The Morgan fingerprint density at radius 2 is 2.00 bits per heavy atom. The van der Waals surface area contributed by atoms with Gasteiger partial charge in [0.2, 0.25) is 5.89 Å². The summed E-state index contributed by atoms with van der Waals surface area (Å²) in [6.45, 7) is 5.04. The molecule has 1 saturated heterocycles. The van der Waals surface area contributed by atoms with Gasteiger partial charge in [-0.3, -0.25) is 4.98 Å². The van der Waals surface area contributed by atoms with Crippen molar-refractivity contribution in [1.82, 2.24) is 20.1 Å². The van der Waals surface area contributed by atoms with E-state index in [0.717, 1.165) is 42.1 Å². The summed E-state index contributed by atoms with van der Waals surface area (Å²) < 4.78 is 5.37. The molecule has 0 amide bonds. The first-order chi connectivity index (χ1) is 11.2. The third kappa shape index (κ3) is 2.54. The molecule has 1 fully saturated rings. The van der Waals surface area contributed by atoms with Crippen LogP contribution in [0.4, 0.5) is 5.82 Å². The van der Waals surface area contributed by atoms with Gasteiger partial charge in [0.1, 0.15) is 5.82 Å². The maximum atomic E-state index is 5.37. The predicted molar refractivity (Wildman–Crippen MR) is 87.2 cm³/mol. The summed E-state index contributed by atoms with van der Waals surface area (Å²) in [4.78, 5) is 16.1. The molecule has 6 heteroatoms. The van der Waals surface area contributed by atoms with Gasteiger partial charge in [-0.15, -0.1) is 0 Å². The van der Waals surface area contributed by atoms with E-state index in [0.29, 0.717) is 5.89 Å². The van der Waals surface area contributed by atoms with Crippen LogP contribution in [0.2, 0.25) is 0 Å². The molecule has 1 aromatic carbocycles. The summed E-state index contributed by atoms with van der Waals surface area (Å²) in [7, 11) is 0. The van der Waals surface area contributed by atoms with Crippen LogP contribution in [0.25, 0.3) is 11.0 Å². The van der Waals surface area contributed by atoms with E-state index in [-0.39, 0.29) is 12.0 Å². The summed E-state index contributed by atoms with van der Waals surface area (Å²) in [6, 6.07) is 8.03. The first kappa shape index (κ1) is 14.1. The van der Waals surface area contributed by atoms with Gasteiger partial charge in [-0.2, -0.15) is 4.98 Å². The van der Waals surface area contributed by atoms with Crippen LogP contribution in [0.15, 0.2) is 35.0 Å². The van der Waals surface area contributed by atoms with Gasteiger partial charge in [-0.25, -0.2) is 4.98 Å². The lowest BCUT2D eigenvalue weighted by atomic mass is 10.2. The van der Waals surface area contributed by atoms with E-state index in [1.54, 1.807) is 0 Å². The van der Waals surface area contributed by atoms with Crippen molar-refractivity contribution in [3.8, 4) is 0 Å². The molecule has 6 nitrogen and oxygen atoms in total. The Bertz CT molecular complexity index is 828. The Morgan fingerprint density at radius 1 is 1.17 bits per heavy atom. The summed E-state index contributed by atoms with van der Waals surface area (Å²) in [5.41, 5.74) is 1.82. The standard InChI is InChI=1S/C17H19N5O/c1-11(2)17-20-16(21-23-17)14-8-5-9-22(14)15-10-18-12-6-3-4-7-13(12)19-15/h3-4,6-7,10-11,14H,5,8-9H2,1-2H3/t14-/m0/s1. The highest BCUT2D eigenvalue weighted by Crippen LogP contribution is 2.34. The smallest absolute Gasteiger partial charge is 0.229 e. The fraction of sp³-hybridized carbons (Fsp3) is 0.412. The maximum Gasteiger partial charge on any atom is 0.229 e. The second-order valence-corrected chi connectivity index (χ2v) is 6.21. The average molecular weight is 309 g/mol. The van der Waals surface area contributed by atoms with Crippen molar-refractivity contribution >= 4 is 16.9 Å². The Balaban J connectivity index is 1.68. The largest absolute Gasteiger partial charge is 0.345 e. The molecular formula is C17H19N5O. The molecule has 0 aliphatic carbocycles. The highest BCUT2D eigenvalue weighted by atomic mass is 16.5. The van der Waals surface area contributed by atoms with E-state index < -0.39 is 0 Å². The van der Waals surface area contributed by atoms with Gasteiger partial charge in [0.15, 0.2) is 5.82 Å². The fourth-order valence-corrected chi connectivity index (χ4v) is 3.01. The molecule has 1 aliphatic rings. The lowest BCUT2D eigenvalue weighted by Crippen LogP contribution is -2.24. The molecule has 0 bridgehead atoms. The van der Waals surface area contributed by atoms with Crippen LogP contribution in [0.3, 0.4) is 0 Å². The van der Waals surface area contributed by atoms with E-state index in [4.69, 9.17) is 9.51 Å². The average Bonchev–Trinajstić information content (AvgIpc) is 3.23. The molecule has 4 rings (SSSR count). The third-order valence-electron chi connectivity index (χ3n) is 4.23. The van der Waals surface area contributed by atoms with Crippen molar-refractivity contribution in [1.29, 1.82) is 0 Å². The number of anilines is 1. The van der Waals surface area contributed by atoms with E-state index in [9.17, 15) is 0 Å². The SMILES string of the molecule is CC(C)c1nc([C@@H]2CCCN2c2cnc3ccccc3n2)no1. The highest BCUT2D eigenvalue weighted by molar-refractivity contribution is 5.75. The molecule has 0 N–H and O–H groups in total. The van der Waals surface area contributed by atoms with Crippen LogP contribution in [-0.2, 0) is 0 Å². The quantitative estimate of drug-likeness (QED) is 0.738. The number of nitrogens with zero attached hydrogens (tertiary/aromatic N) is 5. The first-order valence-corrected chi connectivity index (χ1v) is 8.04. The summed E-state index contributed by atoms with van der Waals surface area (Å²) in [6.07, 6.45) is 3.93. The van der Waals surface area contributed by atoms with E-state index in [1.165, 1.54) is 0 Å². The number of rotatable bonds is 3. The number of fused-ring (bicyclic) bond motifs is 1. The minimum Gasteiger partial charge on any atom is -0.345 e. The van der Waals surface area contributed by atoms with Crippen molar-refractivity contribution in [3.63, 3.8) is 0 Å². The lowest BCUT2D eigenvalue weighted by Gasteiger charge is -2.23. The summed E-state index contributed by atoms with van der Waals surface area (Å²) in [5, 5.41) is 4.18. The first-order valence-electron chi connectivity index (χ1n) is 8.04. The highest BCUT2D eigenvalue weighted by Gasteiger charge is 2.31. The van der Waals surface area contributed by atoms with Crippen LogP contribution in [0.5, 0.6) is 0 Å². The van der Waals surface area contributed by atoms with Crippen molar-refractivity contribution < 1.29 is 4.52 Å². The zero-order valence-electron chi connectivity index (χ0n) is 13.3. The zero-order valence-corrected chi connectivity index (χ0v) is 13.3. The number of aromatic nitrogens is 4. The second kappa shape index (κ2) is 5.61. The molecule has 3 aromatic rings. The van der Waals surface area contributed by atoms with Gasteiger partial charge in [0.05, 0.1) is 23.3 Å². The van der Waals surface area contributed by atoms with Gasteiger partial charge in [-0.1, -0.05) is 31.1 Å². The number of benzene rings is 1. The normalized spacial score (nSPS) is 18.2. The number of para-hydroxylation sites is 2. The van der Waals surface area contributed by atoms with Gasteiger partial charge in [0.25, 0.3) is 0 Å². The lowest BCUT2D eigenvalue weighted by molar-refractivity contribution is 0.358. The summed E-state index contributed by atoms with van der Waals surface area (Å²) in [5.74, 6) is 2.56. The van der Waals surface area contributed by atoms with E-state index in [2.05, 4.69) is 33.9 Å². The Morgan fingerprint density at radius 3 is 2.78 bits per heavy atom. The van der Waals surface area contributed by atoms with Gasteiger partial charge >= 0.3 is 0 Å². The summed E-state index contributed by atoms with van der Waals surface area (Å²) >= 11 is 0. The minimum atomic E-state index is 0.113. The van der Waals surface area contributed by atoms with Gasteiger partial charge < -0.3 is 9.42 Å². The molecule has 0 unspecified atom stereocenters. The fourth-order valence-electron chi connectivity index (χ4n) is 3.01. The number of hydrogen-bond donors (Lipinski definition) is 0. The third-order valence-corrected chi connectivity index (χ3v) is 4.23. The van der Waals surface area contributed by atoms with Crippen molar-refractivity contribution in [2.45, 2.75) is 38.6 Å². The van der Waals surface area contributed by atoms with Gasteiger partial charge in [0, 0.05) is 12.5 Å². The number of hydrogen-bond acceptors (Lipinski definition) is 6. The molecule has 1 aliphatic heterocycles. The molecule has 3 heterocycles. The van der Waals surface area contributed by atoms with Crippen LogP contribution in [0.1, 0.15) is 50.4 Å². The van der Waals surface area contributed by atoms with Crippen LogP contribution in [-0.4, -0.2) is 26.7 Å². The maximum absolute atomic E-state index is 5.37. The monoisotopic (exact) mass is 309 g/mol. The van der Waals surface area contributed by atoms with E-state index in [1.807, 2.05) is 30.5 Å². The topological polar surface area (TPSA) is 67.9 Å². The zero-order chi connectivity index (χ0) is 15.8. The molecular weight excluding hydrogens is 290 g/mol. The van der Waals surface area contributed by atoms with Gasteiger partial charge in [-0.05, 0) is 25.0 Å². The Hall–Kier alpha value is -2.50. The predicted octanol–water partition coefficient (Wildman–Crippen LogP) is 3.48. The van der Waals surface area contributed by atoms with E-state index >= 15 is 0 Å². The van der Waals surface area contributed by atoms with Crippen molar-refractivity contribution in [3.05, 3.63) is 42.2 Å². The minimum absolute atomic E-state index is 0.113. The molecule has 23 heavy (non-hydrogen) atoms.